The number of aryl methyl sites for hydroxylation is 2. The summed E-state index contributed by atoms with van der Waals surface area (Å²) in [7, 11) is 0. The molecule has 1 aliphatic carbocycles. The minimum Gasteiger partial charge on any atom is -0.427 e. The van der Waals surface area contributed by atoms with Crippen LogP contribution in [0.4, 0.5) is 0 Å². The molecule has 0 radical (unpaired) electrons. The molecule has 0 saturated heterocycles. The SMILES string of the molecule is O=c1oc2c(c3ccccc13)CCCCC2. The highest BCUT2D eigenvalue weighted by Gasteiger charge is 2.15. The van der Waals surface area contributed by atoms with Crippen LogP contribution in [0.2, 0.25) is 0 Å². The Hall–Kier alpha value is -1.57. The van der Waals surface area contributed by atoms with Crippen LogP contribution in [-0.2, 0) is 12.8 Å². The van der Waals surface area contributed by atoms with Gasteiger partial charge in [-0.2, -0.15) is 0 Å². The maximum absolute atomic E-state index is 11.8. The Morgan fingerprint density at radius 1 is 0.938 bits per heavy atom. The molecule has 1 aliphatic rings. The highest BCUT2D eigenvalue weighted by atomic mass is 16.4. The number of fused-ring (bicyclic) bond motifs is 3. The standard InChI is InChI=1S/C14H14O2/c15-14-12-8-5-4-6-10(12)11-7-2-1-3-9-13(11)16-14/h4-6,8H,1-3,7,9H2. The Bertz CT molecular complexity index is 581. The number of hydrogen-bond donors (Lipinski definition) is 0. The highest BCUT2D eigenvalue weighted by Crippen LogP contribution is 2.25. The molecule has 0 atom stereocenters. The van der Waals surface area contributed by atoms with E-state index in [4.69, 9.17) is 4.42 Å². The lowest BCUT2D eigenvalue weighted by Crippen LogP contribution is -2.05. The fourth-order valence-electron chi connectivity index (χ4n) is 2.54. The van der Waals surface area contributed by atoms with E-state index in [1.54, 1.807) is 0 Å². The van der Waals surface area contributed by atoms with Crippen LogP contribution in [-0.4, -0.2) is 0 Å². The summed E-state index contributed by atoms with van der Waals surface area (Å²) in [6.45, 7) is 0. The van der Waals surface area contributed by atoms with Crippen LogP contribution in [0.5, 0.6) is 0 Å². The fraction of sp³-hybridized carbons (Fsp3) is 0.357. The summed E-state index contributed by atoms with van der Waals surface area (Å²) in [5.41, 5.74) is 1.07. The van der Waals surface area contributed by atoms with Gasteiger partial charge in [0.25, 0.3) is 0 Å². The molecule has 0 saturated carbocycles. The molecule has 1 aromatic carbocycles. The molecule has 0 unspecified atom stereocenters. The minimum absolute atomic E-state index is 0.184. The van der Waals surface area contributed by atoms with Gasteiger partial charge in [-0.05, 0) is 36.3 Å². The van der Waals surface area contributed by atoms with Gasteiger partial charge in [0.1, 0.15) is 5.76 Å². The first-order valence-electron chi connectivity index (χ1n) is 5.90. The van der Waals surface area contributed by atoms with Gasteiger partial charge >= 0.3 is 5.63 Å². The molecule has 0 N–H and O–H groups in total. The second-order valence-corrected chi connectivity index (χ2v) is 4.40. The first-order valence-corrected chi connectivity index (χ1v) is 5.90. The number of rotatable bonds is 0. The van der Waals surface area contributed by atoms with E-state index < -0.39 is 0 Å². The Balaban J connectivity index is 2.37. The summed E-state index contributed by atoms with van der Waals surface area (Å²) in [5.74, 6) is 0.918. The second kappa shape index (κ2) is 3.78. The molecule has 82 valence electrons. The fourth-order valence-corrected chi connectivity index (χ4v) is 2.54. The van der Waals surface area contributed by atoms with Gasteiger partial charge in [-0.25, -0.2) is 4.79 Å². The number of benzene rings is 1. The van der Waals surface area contributed by atoms with E-state index in [-0.39, 0.29) is 5.63 Å². The monoisotopic (exact) mass is 214 g/mol. The molecule has 0 spiro atoms. The summed E-state index contributed by atoms with van der Waals surface area (Å²) in [5, 5.41) is 1.82. The van der Waals surface area contributed by atoms with E-state index in [1.165, 1.54) is 18.4 Å². The average Bonchev–Trinajstić information content (AvgIpc) is 2.55. The molecule has 0 aliphatic heterocycles. The first kappa shape index (κ1) is 9.64. The quantitative estimate of drug-likeness (QED) is 0.631. The van der Waals surface area contributed by atoms with Gasteiger partial charge in [-0.1, -0.05) is 24.6 Å². The van der Waals surface area contributed by atoms with Crippen LogP contribution in [0.15, 0.2) is 33.5 Å². The molecular weight excluding hydrogens is 200 g/mol. The van der Waals surface area contributed by atoms with Crippen molar-refractivity contribution in [1.82, 2.24) is 0 Å². The van der Waals surface area contributed by atoms with Crippen molar-refractivity contribution >= 4 is 10.8 Å². The van der Waals surface area contributed by atoms with E-state index in [0.717, 1.165) is 35.8 Å². The van der Waals surface area contributed by atoms with Gasteiger partial charge in [0.2, 0.25) is 0 Å². The largest absolute Gasteiger partial charge is 0.427 e. The normalized spacial score (nSPS) is 15.8. The van der Waals surface area contributed by atoms with Crippen molar-refractivity contribution in [2.75, 3.05) is 0 Å². The lowest BCUT2D eigenvalue weighted by Gasteiger charge is -2.07. The summed E-state index contributed by atoms with van der Waals surface area (Å²) < 4.78 is 5.44. The summed E-state index contributed by atoms with van der Waals surface area (Å²) in [6.07, 6.45) is 5.51. The van der Waals surface area contributed by atoms with Gasteiger partial charge in [0.05, 0.1) is 5.39 Å². The third-order valence-electron chi connectivity index (χ3n) is 3.36. The molecule has 16 heavy (non-hydrogen) atoms. The summed E-state index contributed by atoms with van der Waals surface area (Å²) in [4.78, 5) is 11.8. The topological polar surface area (TPSA) is 30.2 Å². The lowest BCUT2D eigenvalue weighted by atomic mass is 10.0. The van der Waals surface area contributed by atoms with Gasteiger partial charge < -0.3 is 4.42 Å². The van der Waals surface area contributed by atoms with Crippen LogP contribution in [0.1, 0.15) is 30.6 Å². The van der Waals surface area contributed by atoms with Crippen LogP contribution in [0, 0.1) is 0 Å². The van der Waals surface area contributed by atoms with E-state index in [1.807, 2.05) is 24.3 Å². The maximum Gasteiger partial charge on any atom is 0.343 e. The zero-order valence-corrected chi connectivity index (χ0v) is 9.16. The Labute approximate surface area is 93.9 Å². The highest BCUT2D eigenvalue weighted by molar-refractivity contribution is 5.84. The molecule has 1 aromatic heterocycles. The van der Waals surface area contributed by atoms with Crippen molar-refractivity contribution < 1.29 is 4.42 Å². The molecule has 0 fully saturated rings. The zero-order chi connectivity index (χ0) is 11.0. The molecule has 3 rings (SSSR count). The first-order chi connectivity index (χ1) is 7.86. The lowest BCUT2D eigenvalue weighted by molar-refractivity contribution is 0.460. The van der Waals surface area contributed by atoms with Crippen LogP contribution in [0.25, 0.3) is 10.8 Å². The summed E-state index contributed by atoms with van der Waals surface area (Å²) in [6, 6.07) is 7.78. The van der Waals surface area contributed by atoms with Crippen molar-refractivity contribution in [1.29, 1.82) is 0 Å². The third kappa shape index (κ3) is 1.45. The molecule has 1 heterocycles. The molecule has 2 heteroatoms. The van der Waals surface area contributed by atoms with E-state index >= 15 is 0 Å². The Kier molecular flexibility index (Phi) is 2.28. The molecular formula is C14H14O2. The van der Waals surface area contributed by atoms with Gasteiger partial charge in [-0.3, -0.25) is 0 Å². The number of hydrogen-bond acceptors (Lipinski definition) is 2. The smallest absolute Gasteiger partial charge is 0.343 e. The predicted octanol–water partition coefficient (Wildman–Crippen LogP) is 3.06. The average molecular weight is 214 g/mol. The van der Waals surface area contributed by atoms with Crippen LogP contribution < -0.4 is 5.63 Å². The molecule has 2 aromatic rings. The van der Waals surface area contributed by atoms with Crippen LogP contribution >= 0.6 is 0 Å². The van der Waals surface area contributed by atoms with E-state index in [2.05, 4.69) is 0 Å². The van der Waals surface area contributed by atoms with E-state index in [0.29, 0.717) is 0 Å². The molecule has 0 amide bonds. The van der Waals surface area contributed by atoms with Gasteiger partial charge in [0, 0.05) is 6.42 Å². The van der Waals surface area contributed by atoms with Crippen LogP contribution in [0.3, 0.4) is 0 Å². The van der Waals surface area contributed by atoms with Crippen molar-refractivity contribution in [3.63, 3.8) is 0 Å². The van der Waals surface area contributed by atoms with Crippen molar-refractivity contribution in [2.24, 2.45) is 0 Å². The summed E-state index contributed by atoms with van der Waals surface area (Å²) >= 11 is 0. The third-order valence-corrected chi connectivity index (χ3v) is 3.36. The second-order valence-electron chi connectivity index (χ2n) is 4.40. The Morgan fingerprint density at radius 2 is 1.69 bits per heavy atom. The molecule has 0 bridgehead atoms. The zero-order valence-electron chi connectivity index (χ0n) is 9.16. The van der Waals surface area contributed by atoms with Crippen molar-refractivity contribution in [2.45, 2.75) is 32.1 Å². The molecule has 2 nitrogen and oxygen atoms in total. The van der Waals surface area contributed by atoms with E-state index in [9.17, 15) is 4.79 Å². The van der Waals surface area contributed by atoms with Crippen molar-refractivity contribution in [3.05, 3.63) is 46.0 Å². The minimum atomic E-state index is -0.184. The van der Waals surface area contributed by atoms with Gasteiger partial charge in [-0.15, -0.1) is 0 Å². The maximum atomic E-state index is 11.8. The van der Waals surface area contributed by atoms with Crippen molar-refractivity contribution in [3.8, 4) is 0 Å². The predicted molar refractivity (Wildman–Crippen MR) is 63.7 cm³/mol. The Morgan fingerprint density at radius 3 is 2.56 bits per heavy atom. The van der Waals surface area contributed by atoms with Gasteiger partial charge in [0.15, 0.2) is 0 Å².